The molecule has 0 unspecified atom stereocenters. The number of aldehydes is 1. The lowest BCUT2D eigenvalue weighted by Crippen LogP contribution is -2.69. The predicted molar refractivity (Wildman–Crippen MR) is 226 cm³/mol. The van der Waals surface area contributed by atoms with Gasteiger partial charge in [0, 0.05) is 5.92 Å². The number of hydrogen-bond acceptors (Lipinski definition) is 19. The Balaban J connectivity index is 1.06. The molecule has 67 heavy (non-hydrogen) atoms. The number of hydrogen-bond donors (Lipinski definition) is 11. The average molecular weight is 955 g/mol. The van der Waals surface area contributed by atoms with Gasteiger partial charge >= 0.3 is 11.9 Å². The van der Waals surface area contributed by atoms with Crippen LogP contribution in [-0.2, 0) is 42.8 Å². The molecule has 378 valence electrons. The lowest BCUT2D eigenvalue weighted by atomic mass is 9.33. The predicted octanol–water partition coefficient (Wildman–Crippen LogP) is -1.06. The maximum Gasteiger partial charge on any atom is 0.335 e. The smallest absolute Gasteiger partial charge is 0.335 e. The molecule has 8 rings (SSSR count). The number of fused-ring (bicyclic) bond motifs is 7. The average Bonchev–Trinajstić information content (AvgIpc) is 3.28. The maximum absolute atomic E-state index is 14.5. The fraction of sp³-hybridized carbons (Fsp3) is 0.851. The molecule has 0 aromatic carbocycles. The van der Waals surface area contributed by atoms with Gasteiger partial charge in [0.15, 0.2) is 18.7 Å². The molecule has 0 spiro atoms. The first-order valence-electron chi connectivity index (χ1n) is 23.6. The van der Waals surface area contributed by atoms with E-state index in [9.17, 15) is 70.6 Å². The largest absolute Gasteiger partial charge is 0.479 e. The quantitative estimate of drug-likeness (QED) is 0.0568. The van der Waals surface area contributed by atoms with Crippen LogP contribution in [0.25, 0.3) is 0 Å². The number of carboxylic acids is 1. The molecule has 0 aromatic rings. The molecule has 20 heteroatoms. The molecule has 25 atom stereocenters. The third-order valence-electron chi connectivity index (χ3n) is 18.6. The highest BCUT2D eigenvalue weighted by atomic mass is 16.7. The minimum atomic E-state index is -2.05. The highest BCUT2D eigenvalue weighted by Gasteiger charge is 2.71. The van der Waals surface area contributed by atoms with Crippen molar-refractivity contribution < 1.29 is 99.0 Å². The summed E-state index contributed by atoms with van der Waals surface area (Å²) >= 11 is 0. The topological polar surface area (TPSA) is 329 Å². The van der Waals surface area contributed by atoms with Crippen LogP contribution in [0.1, 0.15) is 92.4 Å². The first kappa shape index (κ1) is 50.9. The van der Waals surface area contributed by atoms with E-state index < -0.39 is 156 Å². The van der Waals surface area contributed by atoms with E-state index in [0.29, 0.717) is 51.4 Å². The van der Waals surface area contributed by atoms with Crippen molar-refractivity contribution in [1.29, 1.82) is 0 Å². The zero-order valence-electron chi connectivity index (χ0n) is 38.6. The molecule has 0 bridgehead atoms. The summed E-state index contributed by atoms with van der Waals surface area (Å²) in [6, 6.07) is 0. The summed E-state index contributed by atoms with van der Waals surface area (Å²) in [7, 11) is 0. The van der Waals surface area contributed by atoms with Gasteiger partial charge < -0.3 is 89.4 Å². The number of carbonyl (C=O) groups excluding carboxylic acids is 2. The maximum atomic E-state index is 14.5. The fourth-order valence-electron chi connectivity index (χ4n) is 14.5. The third-order valence-corrected chi connectivity index (χ3v) is 18.6. The minimum Gasteiger partial charge on any atom is -0.479 e. The summed E-state index contributed by atoms with van der Waals surface area (Å²) in [5.74, 6) is -3.12. The minimum absolute atomic E-state index is 0.109. The molecular formula is C47H70O20. The van der Waals surface area contributed by atoms with Crippen LogP contribution in [0.5, 0.6) is 0 Å². The van der Waals surface area contributed by atoms with Crippen molar-refractivity contribution in [3.63, 3.8) is 0 Å². The van der Waals surface area contributed by atoms with Crippen molar-refractivity contribution in [3.05, 3.63) is 23.8 Å². The van der Waals surface area contributed by atoms with Gasteiger partial charge in [0.25, 0.3) is 0 Å². The van der Waals surface area contributed by atoms with Crippen LogP contribution in [0.15, 0.2) is 23.8 Å². The lowest BCUT2D eigenvalue weighted by molar-refractivity contribution is -0.366. The number of rotatable bonds is 9. The normalized spacial score (nSPS) is 54.3. The number of esters is 1. The molecule has 11 N–H and O–H groups in total. The van der Waals surface area contributed by atoms with Crippen LogP contribution in [0.3, 0.4) is 0 Å². The zero-order chi connectivity index (χ0) is 49.1. The molecule has 3 heterocycles. The first-order valence-corrected chi connectivity index (χ1v) is 23.6. The molecule has 3 saturated heterocycles. The summed E-state index contributed by atoms with van der Waals surface area (Å²) < 4.78 is 34.6. The summed E-state index contributed by atoms with van der Waals surface area (Å²) in [4.78, 5) is 40.6. The van der Waals surface area contributed by atoms with Gasteiger partial charge in [-0.05, 0) is 92.8 Å². The first-order chi connectivity index (χ1) is 31.3. The van der Waals surface area contributed by atoms with Gasteiger partial charge in [-0.15, -0.1) is 0 Å². The van der Waals surface area contributed by atoms with Gasteiger partial charge in [-0.1, -0.05) is 51.5 Å². The highest BCUT2D eigenvalue weighted by molar-refractivity contribution is 5.79. The monoisotopic (exact) mass is 954 g/mol. The molecular weight excluding hydrogens is 884 g/mol. The Hall–Kier alpha value is -2.51. The number of aliphatic carboxylic acids is 1. The molecule has 8 aliphatic rings. The second kappa shape index (κ2) is 18.0. The van der Waals surface area contributed by atoms with E-state index in [1.807, 2.05) is 0 Å². The SMILES string of the molecule is C=C1CC[C@]2(C(=O)O[C@@H]3O[C@H](CO)[C@@H](O)[C@H](O)[C@H]3O)CC[C@]3(C)C(=CC[C@@H]4[C@@]5(C)C[C@H](O)[C@H](O[C@@H]6O[C@H](C(=O)O)[C@@H](O)[C@H](O[C@@H]7O[C@@H](C)[C@H](O)[C@@H](O)[C@H]7O)[C@H]6O)[C@@](C)(C=O)[C@@H]5CC[C@]43C)[C@@H]2C1. The molecule has 0 aromatic heterocycles. The van der Waals surface area contributed by atoms with E-state index in [4.69, 9.17) is 28.4 Å². The van der Waals surface area contributed by atoms with E-state index in [2.05, 4.69) is 33.4 Å². The number of carboxylic acid groups (broad SMARTS) is 1. The molecule has 0 radical (unpaired) electrons. The van der Waals surface area contributed by atoms with E-state index in [-0.39, 0.29) is 18.3 Å². The van der Waals surface area contributed by atoms with Crippen LogP contribution < -0.4 is 0 Å². The lowest BCUT2D eigenvalue weighted by Gasteiger charge is -2.71. The van der Waals surface area contributed by atoms with E-state index in [1.54, 1.807) is 6.92 Å². The standard InChI is InChI=1S/C47H70O20/c1-19-9-12-47(42(61)67-40-32(56)30(54)28(52)24(17-48)63-40)14-13-45(5)21(22(47)15-19)7-8-26-43(3)16-23(50)37(44(4,18-49)25(43)10-11-46(26,45)6)66-41-34(58)35(33(57)36(65-41)38(59)60)64-39-31(55)29(53)27(51)20(2)62-39/h7,18,20,22-37,39-41,48,50-58H,1,8-17H2,2-6H3,(H,59,60)/t20-,22-,23-,24+,25+,26+,27-,28+,29+,30-,31+,32+,33-,34+,35-,36-,37-,39-,40-,41-,43-,44-,45+,46+,47-/m0/s1. The molecule has 4 saturated carbocycles. The second-order valence-electron chi connectivity index (χ2n) is 21.9. The van der Waals surface area contributed by atoms with Crippen molar-refractivity contribution >= 4 is 18.2 Å². The van der Waals surface area contributed by atoms with Gasteiger partial charge in [0.05, 0.1) is 35.7 Å². The molecule has 0 amide bonds. The van der Waals surface area contributed by atoms with E-state index >= 15 is 0 Å². The van der Waals surface area contributed by atoms with Crippen molar-refractivity contribution in [1.82, 2.24) is 0 Å². The van der Waals surface area contributed by atoms with Crippen LogP contribution in [0, 0.1) is 44.8 Å². The molecule has 7 fully saturated rings. The Kier molecular flexibility index (Phi) is 13.6. The number of aliphatic hydroxyl groups is 10. The number of carbonyl (C=O) groups is 3. The molecule has 20 nitrogen and oxygen atoms in total. The van der Waals surface area contributed by atoms with Crippen molar-refractivity contribution in [2.75, 3.05) is 6.61 Å². The number of ether oxygens (including phenoxy) is 6. The van der Waals surface area contributed by atoms with Crippen LogP contribution in [-0.4, -0.2) is 185 Å². The summed E-state index contributed by atoms with van der Waals surface area (Å²) in [6.07, 6.45) is -21.2. The summed E-state index contributed by atoms with van der Waals surface area (Å²) in [6.45, 7) is 13.2. The van der Waals surface area contributed by atoms with Crippen molar-refractivity contribution in [3.8, 4) is 0 Å². The Labute approximate surface area is 388 Å². The van der Waals surface area contributed by atoms with Gasteiger partial charge in [-0.25, -0.2) is 4.79 Å². The van der Waals surface area contributed by atoms with Gasteiger partial charge in [0.2, 0.25) is 6.29 Å². The van der Waals surface area contributed by atoms with Crippen molar-refractivity contribution in [2.24, 2.45) is 44.8 Å². The molecule has 5 aliphatic carbocycles. The Bertz CT molecular complexity index is 1950. The van der Waals surface area contributed by atoms with Gasteiger partial charge in [-0.2, -0.15) is 0 Å². The fourth-order valence-corrected chi connectivity index (χ4v) is 14.5. The zero-order valence-corrected chi connectivity index (χ0v) is 38.6. The van der Waals surface area contributed by atoms with Crippen LogP contribution in [0.2, 0.25) is 0 Å². The Morgan fingerprint density at radius 1 is 0.791 bits per heavy atom. The Morgan fingerprint density at radius 3 is 2.10 bits per heavy atom. The Morgan fingerprint density at radius 2 is 1.45 bits per heavy atom. The number of allylic oxidation sites excluding steroid dienone is 3. The van der Waals surface area contributed by atoms with Crippen molar-refractivity contribution in [2.45, 2.75) is 197 Å². The van der Waals surface area contributed by atoms with Gasteiger partial charge in [-0.3, -0.25) is 4.79 Å². The van der Waals surface area contributed by atoms with E-state index in [0.717, 1.165) is 17.4 Å². The number of aliphatic hydroxyl groups excluding tert-OH is 10. The van der Waals surface area contributed by atoms with Crippen LogP contribution >= 0.6 is 0 Å². The highest BCUT2D eigenvalue weighted by Crippen LogP contribution is 2.75. The summed E-state index contributed by atoms with van der Waals surface area (Å²) in [5, 5.41) is 118. The second-order valence-corrected chi connectivity index (χ2v) is 21.9. The summed E-state index contributed by atoms with van der Waals surface area (Å²) in [5.41, 5.74) is -2.04. The van der Waals surface area contributed by atoms with E-state index in [1.165, 1.54) is 6.92 Å². The van der Waals surface area contributed by atoms with Crippen LogP contribution in [0.4, 0.5) is 0 Å². The van der Waals surface area contributed by atoms with Gasteiger partial charge in [0.1, 0.15) is 67.3 Å². The third kappa shape index (κ3) is 7.71. The molecule has 3 aliphatic heterocycles.